The second kappa shape index (κ2) is 4.21. The maximum Gasteiger partial charge on any atom is 0.180 e. The molecule has 13 heavy (non-hydrogen) atoms. The fourth-order valence-electron chi connectivity index (χ4n) is 1.20. The summed E-state index contributed by atoms with van der Waals surface area (Å²) in [7, 11) is 1.79. The molecule has 0 fully saturated rings. The molecule has 0 saturated carbocycles. The Kier molecular flexibility index (Phi) is 3.23. The zero-order valence-electron chi connectivity index (χ0n) is 8.45. The molecular formula is C10H16N2O. The molecule has 3 heteroatoms. The number of rotatable bonds is 4. The van der Waals surface area contributed by atoms with E-state index in [1.807, 2.05) is 0 Å². The van der Waals surface area contributed by atoms with E-state index >= 15 is 0 Å². The number of aryl methyl sites for hydroxylation is 1. The molecule has 0 saturated heterocycles. The number of carbonyl (C=O) groups is 1. The molecule has 3 nitrogen and oxygen atoms in total. The summed E-state index contributed by atoms with van der Waals surface area (Å²) in [4.78, 5) is 11.6. The van der Waals surface area contributed by atoms with Gasteiger partial charge in [-0.2, -0.15) is 5.10 Å². The Morgan fingerprint density at radius 1 is 1.62 bits per heavy atom. The SMILES string of the molecule is CC(C)CCC(=O)c1ccnn1C. The Balaban J connectivity index is 2.54. The number of hydrogen-bond donors (Lipinski definition) is 0. The van der Waals surface area contributed by atoms with Crippen LogP contribution in [0, 0.1) is 5.92 Å². The summed E-state index contributed by atoms with van der Waals surface area (Å²) in [6.45, 7) is 4.24. The van der Waals surface area contributed by atoms with Crippen molar-refractivity contribution in [1.82, 2.24) is 9.78 Å². The highest BCUT2D eigenvalue weighted by Gasteiger charge is 2.09. The second-order valence-electron chi connectivity index (χ2n) is 3.70. The number of Topliss-reactive ketones (excluding diaryl/α,β-unsaturated/α-hetero) is 1. The predicted molar refractivity (Wildman–Crippen MR) is 51.6 cm³/mol. The van der Waals surface area contributed by atoms with Gasteiger partial charge in [0, 0.05) is 19.7 Å². The molecule has 0 aliphatic carbocycles. The third kappa shape index (κ3) is 2.68. The van der Waals surface area contributed by atoms with Gasteiger partial charge in [-0.05, 0) is 18.4 Å². The lowest BCUT2D eigenvalue weighted by molar-refractivity contribution is 0.0966. The second-order valence-corrected chi connectivity index (χ2v) is 3.70. The van der Waals surface area contributed by atoms with Crippen molar-refractivity contribution in [2.75, 3.05) is 0 Å². The molecule has 0 radical (unpaired) electrons. The average molecular weight is 180 g/mol. The topological polar surface area (TPSA) is 34.9 Å². The zero-order chi connectivity index (χ0) is 9.84. The number of nitrogens with zero attached hydrogens (tertiary/aromatic N) is 2. The van der Waals surface area contributed by atoms with Gasteiger partial charge in [0.2, 0.25) is 0 Å². The minimum atomic E-state index is 0.189. The Morgan fingerprint density at radius 3 is 2.77 bits per heavy atom. The van der Waals surface area contributed by atoms with Crippen LogP contribution in [-0.4, -0.2) is 15.6 Å². The number of hydrogen-bond acceptors (Lipinski definition) is 2. The van der Waals surface area contributed by atoms with Crippen LogP contribution in [0.2, 0.25) is 0 Å². The molecule has 0 aliphatic heterocycles. The smallest absolute Gasteiger partial charge is 0.180 e. The monoisotopic (exact) mass is 180 g/mol. The molecule has 0 unspecified atom stereocenters. The average Bonchev–Trinajstić information content (AvgIpc) is 2.47. The van der Waals surface area contributed by atoms with Gasteiger partial charge >= 0.3 is 0 Å². The van der Waals surface area contributed by atoms with Crippen molar-refractivity contribution < 1.29 is 4.79 Å². The van der Waals surface area contributed by atoms with E-state index in [-0.39, 0.29) is 5.78 Å². The van der Waals surface area contributed by atoms with Crippen LogP contribution in [0.4, 0.5) is 0 Å². The van der Waals surface area contributed by atoms with Gasteiger partial charge in [-0.25, -0.2) is 0 Å². The van der Waals surface area contributed by atoms with Crippen LogP contribution in [0.5, 0.6) is 0 Å². The van der Waals surface area contributed by atoms with Gasteiger partial charge < -0.3 is 0 Å². The first-order valence-electron chi connectivity index (χ1n) is 4.62. The van der Waals surface area contributed by atoms with Crippen molar-refractivity contribution in [3.8, 4) is 0 Å². The summed E-state index contributed by atoms with van der Waals surface area (Å²) in [6, 6.07) is 1.77. The van der Waals surface area contributed by atoms with Gasteiger partial charge in [0.1, 0.15) is 5.69 Å². The first-order valence-corrected chi connectivity index (χ1v) is 4.62. The minimum absolute atomic E-state index is 0.189. The van der Waals surface area contributed by atoms with Gasteiger partial charge in [0.25, 0.3) is 0 Å². The molecule has 72 valence electrons. The number of aromatic nitrogens is 2. The summed E-state index contributed by atoms with van der Waals surface area (Å²) in [5, 5.41) is 3.96. The lowest BCUT2D eigenvalue weighted by Gasteiger charge is -2.03. The fourth-order valence-corrected chi connectivity index (χ4v) is 1.20. The van der Waals surface area contributed by atoms with Crippen LogP contribution in [0.25, 0.3) is 0 Å². The van der Waals surface area contributed by atoms with Crippen LogP contribution >= 0.6 is 0 Å². The zero-order valence-corrected chi connectivity index (χ0v) is 8.45. The molecule has 0 aromatic carbocycles. The highest BCUT2D eigenvalue weighted by Crippen LogP contribution is 2.08. The third-order valence-corrected chi connectivity index (χ3v) is 2.06. The molecule has 0 bridgehead atoms. The van der Waals surface area contributed by atoms with Crippen molar-refractivity contribution in [2.24, 2.45) is 13.0 Å². The first-order chi connectivity index (χ1) is 6.11. The Bertz CT molecular complexity index is 289. The minimum Gasteiger partial charge on any atom is -0.292 e. The van der Waals surface area contributed by atoms with Crippen molar-refractivity contribution in [2.45, 2.75) is 26.7 Å². The van der Waals surface area contributed by atoms with E-state index in [0.717, 1.165) is 6.42 Å². The van der Waals surface area contributed by atoms with Crippen LogP contribution in [0.1, 0.15) is 37.2 Å². The summed E-state index contributed by atoms with van der Waals surface area (Å²) in [5.74, 6) is 0.769. The summed E-state index contributed by atoms with van der Waals surface area (Å²) < 4.78 is 1.63. The molecule has 1 aromatic rings. The van der Waals surface area contributed by atoms with Crippen molar-refractivity contribution >= 4 is 5.78 Å². The standard InChI is InChI=1S/C10H16N2O/c1-8(2)4-5-10(13)9-6-7-11-12(9)3/h6-8H,4-5H2,1-3H3. The normalized spacial score (nSPS) is 10.8. The molecular weight excluding hydrogens is 164 g/mol. The summed E-state index contributed by atoms with van der Waals surface area (Å²) in [6.07, 6.45) is 3.23. The molecule has 0 amide bonds. The lowest BCUT2D eigenvalue weighted by atomic mass is 10.0. The predicted octanol–water partition coefficient (Wildman–Crippen LogP) is 2.04. The lowest BCUT2D eigenvalue weighted by Crippen LogP contribution is -2.07. The fraction of sp³-hybridized carbons (Fsp3) is 0.600. The molecule has 1 heterocycles. The number of ketones is 1. The molecule has 0 aliphatic rings. The Hall–Kier alpha value is -1.12. The van der Waals surface area contributed by atoms with Gasteiger partial charge in [0.05, 0.1) is 0 Å². The van der Waals surface area contributed by atoms with Crippen molar-refractivity contribution in [1.29, 1.82) is 0 Å². The van der Waals surface area contributed by atoms with Crippen molar-refractivity contribution in [3.63, 3.8) is 0 Å². The van der Waals surface area contributed by atoms with Gasteiger partial charge in [0.15, 0.2) is 5.78 Å². The van der Waals surface area contributed by atoms with Gasteiger partial charge in [-0.1, -0.05) is 13.8 Å². The highest BCUT2D eigenvalue weighted by molar-refractivity contribution is 5.94. The Morgan fingerprint density at radius 2 is 2.31 bits per heavy atom. The van der Waals surface area contributed by atoms with Gasteiger partial charge in [-0.3, -0.25) is 9.48 Å². The van der Waals surface area contributed by atoms with E-state index in [4.69, 9.17) is 0 Å². The third-order valence-electron chi connectivity index (χ3n) is 2.06. The quantitative estimate of drug-likeness (QED) is 0.664. The van der Waals surface area contributed by atoms with E-state index in [0.29, 0.717) is 18.0 Å². The van der Waals surface area contributed by atoms with E-state index < -0.39 is 0 Å². The van der Waals surface area contributed by atoms with Crippen LogP contribution in [0.15, 0.2) is 12.3 Å². The van der Waals surface area contributed by atoms with E-state index in [1.165, 1.54) is 0 Å². The summed E-state index contributed by atoms with van der Waals surface area (Å²) >= 11 is 0. The molecule has 0 N–H and O–H groups in total. The maximum absolute atomic E-state index is 11.6. The highest BCUT2D eigenvalue weighted by atomic mass is 16.1. The van der Waals surface area contributed by atoms with Crippen LogP contribution in [-0.2, 0) is 7.05 Å². The summed E-state index contributed by atoms with van der Waals surface area (Å²) in [5.41, 5.74) is 0.709. The molecule has 1 rings (SSSR count). The molecule has 0 atom stereocenters. The van der Waals surface area contributed by atoms with E-state index in [9.17, 15) is 4.79 Å². The van der Waals surface area contributed by atoms with Gasteiger partial charge in [-0.15, -0.1) is 0 Å². The maximum atomic E-state index is 11.6. The molecule has 1 aromatic heterocycles. The largest absolute Gasteiger partial charge is 0.292 e. The Labute approximate surface area is 78.8 Å². The number of carbonyl (C=O) groups excluding carboxylic acids is 1. The van der Waals surface area contributed by atoms with E-state index in [1.54, 1.807) is 24.0 Å². The van der Waals surface area contributed by atoms with Crippen LogP contribution < -0.4 is 0 Å². The molecule has 0 spiro atoms. The van der Waals surface area contributed by atoms with Crippen molar-refractivity contribution in [3.05, 3.63) is 18.0 Å². The first kappa shape index (κ1) is 9.96. The van der Waals surface area contributed by atoms with Crippen LogP contribution in [0.3, 0.4) is 0 Å². The van der Waals surface area contributed by atoms with E-state index in [2.05, 4.69) is 18.9 Å².